The predicted octanol–water partition coefficient (Wildman–Crippen LogP) is 2.73. The smallest absolute Gasteiger partial charge is 0.0832 e. The first kappa shape index (κ1) is 9.74. The molecule has 0 bridgehead atoms. The number of hydrogen-bond donors (Lipinski definition) is 0. The van der Waals surface area contributed by atoms with Gasteiger partial charge in [-0.15, -0.1) is 0 Å². The molecule has 6 heavy (non-hydrogen) atoms. The Bertz CT molecular complexity index is 10.8. The maximum Gasteiger partial charge on any atom is 0.0832 e. The Morgan fingerprint density at radius 3 is 1.33 bits per heavy atom. The van der Waals surface area contributed by atoms with Crippen molar-refractivity contribution in [2.45, 2.75) is 20.3 Å². The maximum atomic E-state index is 4.26. The van der Waals surface area contributed by atoms with Crippen molar-refractivity contribution in [2.24, 2.45) is 0 Å². The fourth-order valence-electron chi connectivity index (χ4n) is 0. The molecule has 0 aliphatic rings. The van der Waals surface area contributed by atoms with Gasteiger partial charge in [0.1, 0.15) is 0 Å². The Morgan fingerprint density at radius 1 is 1.33 bits per heavy atom. The number of halogens is 2. The first-order valence-electron chi connectivity index (χ1n) is 1.72. The van der Waals surface area contributed by atoms with E-state index < -0.39 is 0 Å². The lowest BCUT2D eigenvalue weighted by Crippen LogP contribution is -1.27. The van der Waals surface area contributed by atoms with Crippen molar-refractivity contribution >= 4 is 23.7 Å². The molecule has 0 amide bonds. The van der Waals surface area contributed by atoms with Gasteiger partial charge in [-0.1, -0.05) is 20.3 Å². The van der Waals surface area contributed by atoms with Crippen molar-refractivity contribution in [1.82, 2.24) is 0 Å². The monoisotopic (exact) mass is 130 g/mol. The quantitative estimate of drug-likeness (QED) is 0.491. The molecule has 0 atom stereocenters. The molecule has 0 saturated heterocycles. The third-order valence-corrected chi connectivity index (χ3v) is 0. The lowest BCUT2D eigenvalue weighted by molar-refractivity contribution is 0.697. The normalized spacial score (nSPS) is 6.00. The van der Waals surface area contributed by atoms with Crippen LogP contribution in [-0.2, 0) is 3.84 Å². The molecule has 0 aromatic carbocycles. The average molecular weight is 131 g/mol. The van der Waals surface area contributed by atoms with Crippen molar-refractivity contribution < 1.29 is 3.84 Å². The second-order valence-electron chi connectivity index (χ2n) is 0.765. The van der Waals surface area contributed by atoms with Crippen LogP contribution in [0.5, 0.6) is 0 Å². The summed E-state index contributed by atoms with van der Waals surface area (Å²) < 4.78 is 3.19. The summed E-state index contributed by atoms with van der Waals surface area (Å²) in [4.78, 5) is 0. The Morgan fingerprint density at radius 2 is 1.33 bits per heavy atom. The van der Waals surface area contributed by atoms with Gasteiger partial charge in [-0.25, -0.2) is 0 Å². The van der Waals surface area contributed by atoms with E-state index in [1.54, 1.807) is 0 Å². The third kappa shape index (κ3) is 195. The minimum Gasteiger partial charge on any atom is -0.166 e. The first-order chi connectivity index (χ1) is 2.83. The second kappa shape index (κ2) is 17.7. The minimum atomic E-state index is 1.25. The Hall–Kier alpha value is 0.540. The number of hydrogen-bond acceptors (Lipinski definition) is 1. The molecule has 0 heterocycles. The van der Waals surface area contributed by atoms with E-state index in [0.29, 0.717) is 0 Å². The first-order valence-corrected chi connectivity index (χ1v) is 2.34. The fourth-order valence-corrected chi connectivity index (χ4v) is 0. The summed E-state index contributed by atoms with van der Waals surface area (Å²) in [7, 11) is 0. The summed E-state index contributed by atoms with van der Waals surface area (Å²) in [5.74, 6) is 0. The van der Waals surface area contributed by atoms with Crippen LogP contribution in [0.25, 0.3) is 0 Å². The highest BCUT2D eigenvalue weighted by Crippen LogP contribution is 1.78. The van der Waals surface area contributed by atoms with Gasteiger partial charge in [0.25, 0.3) is 0 Å². The zero-order chi connectivity index (χ0) is 5.41. The van der Waals surface area contributed by atoms with Gasteiger partial charge in [-0.3, -0.25) is 0 Å². The van der Waals surface area contributed by atoms with E-state index >= 15 is 0 Å². The van der Waals surface area contributed by atoms with E-state index in [1.165, 1.54) is 6.42 Å². The van der Waals surface area contributed by atoms with Crippen LogP contribution in [0.15, 0.2) is 0 Å². The van der Waals surface area contributed by atoms with Crippen molar-refractivity contribution in [3.63, 3.8) is 0 Å². The van der Waals surface area contributed by atoms with Gasteiger partial charge in [0.05, 0.1) is 23.7 Å². The largest absolute Gasteiger partial charge is 0.166 e. The van der Waals surface area contributed by atoms with Gasteiger partial charge < -0.3 is 0 Å². The predicted molar refractivity (Wildman–Crippen MR) is 28.8 cm³/mol. The highest BCUT2D eigenvalue weighted by molar-refractivity contribution is 6.24. The van der Waals surface area contributed by atoms with E-state index in [1.807, 2.05) is 0 Å². The van der Waals surface area contributed by atoms with Crippen molar-refractivity contribution in [3.8, 4) is 0 Å². The molecule has 0 rings (SSSR count). The van der Waals surface area contributed by atoms with Gasteiger partial charge in [-0.05, 0) is 0 Å². The van der Waals surface area contributed by atoms with Crippen LogP contribution < -0.4 is 0 Å². The summed E-state index contributed by atoms with van der Waals surface area (Å²) in [6.45, 7) is 4.25. The van der Waals surface area contributed by atoms with Gasteiger partial charge >= 0.3 is 0 Å². The molecule has 1 nitrogen and oxygen atoms in total. The van der Waals surface area contributed by atoms with E-state index in [-0.39, 0.29) is 0 Å². The molecule has 0 fully saturated rings. The Kier molecular flexibility index (Phi) is 28.7. The molecule has 0 aromatic heterocycles. The lowest BCUT2D eigenvalue weighted by Gasteiger charge is -1.48. The summed E-state index contributed by atoms with van der Waals surface area (Å²) in [5.41, 5.74) is 0. The zero-order valence-electron chi connectivity index (χ0n) is 3.87. The van der Waals surface area contributed by atoms with Crippen LogP contribution in [0.2, 0.25) is 0 Å². The maximum absolute atomic E-state index is 4.26. The standard InChI is InChI=1S/C3H8.Cl2O/c2*1-3-2/h3H2,1-2H3;. The van der Waals surface area contributed by atoms with E-state index in [2.05, 4.69) is 41.4 Å². The molecule has 0 radical (unpaired) electrons. The molecular formula is C3H8Cl2O. The van der Waals surface area contributed by atoms with Crippen LogP contribution in [0.1, 0.15) is 20.3 Å². The summed E-state index contributed by atoms with van der Waals surface area (Å²) >= 11 is 8.53. The molecule has 0 saturated carbocycles. The SMILES string of the molecule is CCC.ClOCl. The molecule has 0 spiro atoms. The molecule has 0 N–H and O–H groups in total. The van der Waals surface area contributed by atoms with Crippen molar-refractivity contribution in [2.75, 3.05) is 0 Å². The Balaban J connectivity index is 0. The van der Waals surface area contributed by atoms with Gasteiger partial charge in [0, 0.05) is 0 Å². The second-order valence-corrected chi connectivity index (χ2v) is 1.23. The highest BCUT2D eigenvalue weighted by atomic mass is 35.6. The van der Waals surface area contributed by atoms with Crippen LogP contribution in [-0.4, -0.2) is 0 Å². The molecular weight excluding hydrogens is 123 g/mol. The zero-order valence-corrected chi connectivity index (χ0v) is 5.38. The van der Waals surface area contributed by atoms with Crippen LogP contribution in [0, 0.1) is 0 Å². The van der Waals surface area contributed by atoms with E-state index in [0.717, 1.165) is 0 Å². The summed E-state index contributed by atoms with van der Waals surface area (Å²) in [6.07, 6.45) is 1.25. The molecule has 0 aliphatic heterocycles. The molecule has 0 aliphatic carbocycles. The van der Waals surface area contributed by atoms with Gasteiger partial charge in [0.2, 0.25) is 0 Å². The summed E-state index contributed by atoms with van der Waals surface area (Å²) in [6, 6.07) is 0. The third-order valence-electron chi connectivity index (χ3n) is 0. The molecule has 3 heteroatoms. The minimum absolute atomic E-state index is 1.25. The summed E-state index contributed by atoms with van der Waals surface area (Å²) in [5, 5.41) is 0. The molecule has 0 aromatic rings. The van der Waals surface area contributed by atoms with Crippen LogP contribution >= 0.6 is 23.7 Å². The lowest BCUT2D eigenvalue weighted by atomic mass is 10.6. The van der Waals surface area contributed by atoms with Crippen molar-refractivity contribution in [3.05, 3.63) is 0 Å². The fraction of sp³-hybridized carbons (Fsp3) is 1.00. The Labute approximate surface area is 48.5 Å². The van der Waals surface area contributed by atoms with Gasteiger partial charge in [-0.2, -0.15) is 3.84 Å². The van der Waals surface area contributed by atoms with Crippen molar-refractivity contribution in [1.29, 1.82) is 0 Å². The van der Waals surface area contributed by atoms with E-state index in [9.17, 15) is 0 Å². The number of rotatable bonds is 0. The average Bonchev–Trinajstić information content (AvgIpc) is 1.39. The van der Waals surface area contributed by atoms with Crippen LogP contribution in [0.4, 0.5) is 0 Å². The highest BCUT2D eigenvalue weighted by Gasteiger charge is 1.38. The van der Waals surface area contributed by atoms with Crippen LogP contribution in [0.3, 0.4) is 0 Å². The molecule has 0 unspecified atom stereocenters. The van der Waals surface area contributed by atoms with E-state index in [4.69, 9.17) is 0 Å². The van der Waals surface area contributed by atoms with Gasteiger partial charge in [0.15, 0.2) is 0 Å². The topological polar surface area (TPSA) is 9.23 Å². The molecule has 40 valence electrons.